The topological polar surface area (TPSA) is 20.2 Å². The molecular weight excluding hydrogens is 657 g/mol. The van der Waals surface area contributed by atoms with Crippen molar-refractivity contribution in [2.24, 2.45) is 0 Å². The van der Waals surface area contributed by atoms with Crippen molar-refractivity contribution in [3.63, 3.8) is 0 Å². The van der Waals surface area contributed by atoms with Gasteiger partial charge in [-0.05, 0) is 0 Å². The van der Waals surface area contributed by atoms with Crippen LogP contribution in [0, 0.1) is 105 Å². The van der Waals surface area contributed by atoms with Gasteiger partial charge >= 0.3 is 6.92 Å². The molecule has 0 unspecified atom stereocenters. The standard InChI is InChI=1S/C24HBF18O/c26-7-1(3-11(30)19(38)23(42)20(39)12(3)31)8(27)16(35)5(15(7)34)25(44)6-17(36)9(28)2(10(29)18(6)37)4-13(32)21(40)24(43)22(41)14(4)33/h44H. The Kier molecular flexibility index (Phi) is 8.12. The highest BCUT2D eigenvalue weighted by atomic mass is 19.2. The summed E-state index contributed by atoms with van der Waals surface area (Å²) >= 11 is 0. The zero-order valence-electron chi connectivity index (χ0n) is 19.8. The van der Waals surface area contributed by atoms with Gasteiger partial charge in [0, 0.05) is 10.9 Å². The lowest BCUT2D eigenvalue weighted by Gasteiger charge is -2.18. The van der Waals surface area contributed by atoms with Crippen LogP contribution in [0.2, 0.25) is 0 Å². The molecule has 0 heterocycles. The molecule has 0 spiro atoms. The molecule has 232 valence electrons. The van der Waals surface area contributed by atoms with Gasteiger partial charge in [-0.25, -0.2) is 79.0 Å². The largest absolute Gasteiger partial charge is 0.442 e. The maximum atomic E-state index is 14.8. The number of hydrogen-bond donors (Lipinski definition) is 1. The van der Waals surface area contributed by atoms with Crippen LogP contribution < -0.4 is 10.9 Å². The Balaban J connectivity index is 2.02. The molecule has 0 atom stereocenters. The van der Waals surface area contributed by atoms with E-state index in [0.717, 1.165) is 0 Å². The third kappa shape index (κ3) is 4.36. The summed E-state index contributed by atoms with van der Waals surface area (Å²) < 4.78 is 255. The van der Waals surface area contributed by atoms with Gasteiger partial charge in [-0.3, -0.25) is 0 Å². The first-order valence-electron chi connectivity index (χ1n) is 10.7. The molecule has 0 fully saturated rings. The highest BCUT2D eigenvalue weighted by Gasteiger charge is 2.42. The van der Waals surface area contributed by atoms with E-state index in [4.69, 9.17) is 0 Å². The molecule has 0 saturated carbocycles. The van der Waals surface area contributed by atoms with E-state index in [1.54, 1.807) is 0 Å². The Morgan fingerprint density at radius 1 is 0.227 bits per heavy atom. The van der Waals surface area contributed by atoms with Gasteiger partial charge in [-0.2, -0.15) is 0 Å². The fourth-order valence-corrected chi connectivity index (χ4v) is 4.01. The fourth-order valence-electron chi connectivity index (χ4n) is 4.01. The van der Waals surface area contributed by atoms with Gasteiger partial charge in [0.25, 0.3) is 0 Å². The van der Waals surface area contributed by atoms with Crippen molar-refractivity contribution >= 4 is 17.8 Å². The van der Waals surface area contributed by atoms with Crippen molar-refractivity contribution in [1.29, 1.82) is 0 Å². The zero-order chi connectivity index (χ0) is 33.4. The Morgan fingerprint density at radius 3 is 0.545 bits per heavy atom. The zero-order valence-corrected chi connectivity index (χ0v) is 19.8. The van der Waals surface area contributed by atoms with E-state index >= 15 is 0 Å². The molecule has 0 radical (unpaired) electrons. The maximum Gasteiger partial charge on any atom is 0.371 e. The quantitative estimate of drug-likeness (QED) is 0.113. The summed E-state index contributed by atoms with van der Waals surface area (Å²) in [6, 6.07) is 0. The second-order valence-electron chi connectivity index (χ2n) is 8.38. The molecular formula is C24HBF18O. The summed E-state index contributed by atoms with van der Waals surface area (Å²) in [7, 11) is 0. The summed E-state index contributed by atoms with van der Waals surface area (Å²) in [5.74, 6) is -54.2. The normalized spacial score (nSPS) is 11.5. The van der Waals surface area contributed by atoms with Gasteiger partial charge in [-0.1, -0.05) is 0 Å². The molecule has 44 heavy (non-hydrogen) atoms. The van der Waals surface area contributed by atoms with Crippen molar-refractivity contribution in [3.05, 3.63) is 105 Å². The first kappa shape index (κ1) is 32.6. The predicted octanol–water partition coefficient (Wildman–Crippen LogP) is 6.62. The molecule has 0 amide bonds. The SMILES string of the molecule is OB(c1c(F)c(F)c(-c2c(F)c(F)c(F)c(F)c2F)c(F)c1F)c1c(F)c(F)c(-c2c(F)c(F)c(F)c(F)c2F)c(F)c1F. The lowest BCUT2D eigenvalue weighted by atomic mass is 9.54. The van der Waals surface area contributed by atoms with Crippen LogP contribution in [-0.2, 0) is 0 Å². The lowest BCUT2D eigenvalue weighted by molar-refractivity contribution is 0.379. The second-order valence-corrected chi connectivity index (χ2v) is 8.38. The monoisotopic (exact) mass is 658 g/mol. The van der Waals surface area contributed by atoms with E-state index in [9.17, 15) is 84.1 Å². The third-order valence-electron chi connectivity index (χ3n) is 6.06. The molecule has 0 aliphatic carbocycles. The van der Waals surface area contributed by atoms with Crippen molar-refractivity contribution in [2.75, 3.05) is 0 Å². The van der Waals surface area contributed by atoms with Crippen molar-refractivity contribution in [2.45, 2.75) is 0 Å². The van der Waals surface area contributed by atoms with Crippen LogP contribution in [0.25, 0.3) is 22.3 Å². The lowest BCUT2D eigenvalue weighted by Crippen LogP contribution is -2.50. The molecule has 4 aromatic rings. The summed E-state index contributed by atoms with van der Waals surface area (Å²) in [5.41, 5.74) is -15.9. The van der Waals surface area contributed by atoms with Crippen LogP contribution in [0.1, 0.15) is 0 Å². The van der Waals surface area contributed by atoms with Gasteiger partial charge in [0.15, 0.2) is 93.1 Å². The second kappa shape index (κ2) is 11.0. The van der Waals surface area contributed by atoms with E-state index < -0.39 is 145 Å². The van der Waals surface area contributed by atoms with E-state index in [-0.39, 0.29) is 0 Å². The van der Waals surface area contributed by atoms with Crippen LogP contribution >= 0.6 is 0 Å². The van der Waals surface area contributed by atoms with Gasteiger partial charge < -0.3 is 5.02 Å². The van der Waals surface area contributed by atoms with E-state index in [0.29, 0.717) is 0 Å². The van der Waals surface area contributed by atoms with Gasteiger partial charge in [0.2, 0.25) is 11.6 Å². The molecule has 0 aromatic heterocycles. The molecule has 0 saturated heterocycles. The molecule has 0 bridgehead atoms. The van der Waals surface area contributed by atoms with Crippen LogP contribution in [0.15, 0.2) is 0 Å². The molecule has 1 nitrogen and oxygen atoms in total. The van der Waals surface area contributed by atoms with Crippen LogP contribution in [0.4, 0.5) is 79.0 Å². The third-order valence-corrected chi connectivity index (χ3v) is 6.06. The van der Waals surface area contributed by atoms with E-state index in [1.165, 1.54) is 0 Å². The van der Waals surface area contributed by atoms with Gasteiger partial charge in [-0.15, -0.1) is 0 Å². The minimum atomic E-state index is -3.95. The number of hydrogen-bond acceptors (Lipinski definition) is 1. The van der Waals surface area contributed by atoms with Gasteiger partial charge in [0.1, 0.15) is 0 Å². The molecule has 0 aliphatic heterocycles. The van der Waals surface area contributed by atoms with Crippen molar-refractivity contribution < 1.29 is 84.1 Å². The average Bonchev–Trinajstić information content (AvgIpc) is 2.98. The first-order valence-corrected chi connectivity index (χ1v) is 10.7. The van der Waals surface area contributed by atoms with E-state index in [2.05, 4.69) is 0 Å². The Labute approximate surface area is 229 Å². The van der Waals surface area contributed by atoms with Crippen LogP contribution in [-0.4, -0.2) is 11.9 Å². The summed E-state index contributed by atoms with van der Waals surface area (Å²) in [5, 5.41) is 10.1. The smallest absolute Gasteiger partial charge is 0.371 e. The first-order chi connectivity index (χ1) is 20.3. The van der Waals surface area contributed by atoms with Crippen LogP contribution in [0.3, 0.4) is 0 Å². The highest BCUT2D eigenvalue weighted by Crippen LogP contribution is 2.38. The maximum absolute atomic E-state index is 14.8. The Hall–Kier alpha value is -4.36. The highest BCUT2D eigenvalue weighted by molar-refractivity contribution is 6.79. The van der Waals surface area contributed by atoms with Crippen molar-refractivity contribution in [3.8, 4) is 22.3 Å². The van der Waals surface area contributed by atoms with Crippen molar-refractivity contribution in [1.82, 2.24) is 0 Å². The summed E-state index contributed by atoms with van der Waals surface area (Å²) in [6.45, 7) is -3.95. The fraction of sp³-hybridized carbons (Fsp3) is 0. The molecule has 4 rings (SSSR count). The summed E-state index contributed by atoms with van der Waals surface area (Å²) in [4.78, 5) is 0. The van der Waals surface area contributed by atoms with Crippen LogP contribution in [0.5, 0.6) is 0 Å². The molecule has 0 aliphatic rings. The minimum absolute atomic E-state index is 2.61. The van der Waals surface area contributed by atoms with Gasteiger partial charge in [0.05, 0.1) is 22.3 Å². The number of benzene rings is 4. The summed E-state index contributed by atoms with van der Waals surface area (Å²) in [6.07, 6.45) is 0. The Morgan fingerprint density at radius 2 is 0.364 bits per heavy atom. The molecule has 1 N–H and O–H groups in total. The molecule has 4 aromatic carbocycles. The number of rotatable bonds is 4. The minimum Gasteiger partial charge on any atom is -0.442 e. The number of halogens is 18. The molecule has 20 heteroatoms. The average molecular weight is 658 g/mol. The Bertz CT molecular complexity index is 1670. The van der Waals surface area contributed by atoms with E-state index in [1.807, 2.05) is 0 Å². The predicted molar refractivity (Wildman–Crippen MR) is 110 cm³/mol.